The van der Waals surface area contributed by atoms with Crippen molar-refractivity contribution in [3.8, 4) is 0 Å². The number of carbonyl (C=O) groups is 3. The maximum absolute atomic E-state index is 12.5. The van der Waals surface area contributed by atoms with Crippen LogP contribution in [0, 0.1) is 0 Å². The number of urea groups is 1. The van der Waals surface area contributed by atoms with Gasteiger partial charge < -0.3 is 10.1 Å². The van der Waals surface area contributed by atoms with E-state index in [4.69, 9.17) is 16.3 Å². The lowest BCUT2D eigenvalue weighted by atomic mass is 10.1. The molecule has 2 aromatic rings. The molecular weight excluding hydrogens is 358 g/mol. The van der Waals surface area contributed by atoms with Crippen LogP contribution in [0.3, 0.4) is 0 Å². The molecule has 1 aromatic carbocycles. The van der Waals surface area contributed by atoms with Crippen LogP contribution in [0.5, 0.6) is 0 Å². The van der Waals surface area contributed by atoms with E-state index in [2.05, 4.69) is 15.6 Å². The van der Waals surface area contributed by atoms with E-state index in [0.717, 1.165) is 0 Å². The molecule has 0 saturated carbocycles. The van der Waals surface area contributed by atoms with Gasteiger partial charge in [-0.3, -0.25) is 10.1 Å². The highest BCUT2D eigenvalue weighted by molar-refractivity contribution is 6.30. The van der Waals surface area contributed by atoms with Gasteiger partial charge in [-0.2, -0.15) is 0 Å². The molecule has 2 rings (SSSR count). The van der Waals surface area contributed by atoms with E-state index in [1.54, 1.807) is 45.0 Å². The summed E-state index contributed by atoms with van der Waals surface area (Å²) in [4.78, 5) is 40.4. The monoisotopic (exact) mass is 377 g/mol. The maximum Gasteiger partial charge on any atom is 0.339 e. The number of hydrogen-bond donors (Lipinski definition) is 2. The Balaban J connectivity index is 2.10. The Bertz CT molecular complexity index is 861. The zero-order chi connectivity index (χ0) is 19.5. The van der Waals surface area contributed by atoms with Crippen LogP contribution in [0.4, 0.5) is 4.79 Å². The Kier molecular flexibility index (Phi) is 5.82. The first-order chi connectivity index (χ1) is 12.1. The first kappa shape index (κ1) is 19.7. The molecule has 0 aliphatic heterocycles. The van der Waals surface area contributed by atoms with Gasteiger partial charge in [0.2, 0.25) is 0 Å². The highest BCUT2D eigenvalue weighted by Crippen LogP contribution is 2.22. The molecule has 0 aliphatic carbocycles. The average molecular weight is 378 g/mol. The second kappa shape index (κ2) is 7.70. The van der Waals surface area contributed by atoms with E-state index < -0.39 is 29.6 Å². The molecule has 0 fully saturated rings. The summed E-state index contributed by atoms with van der Waals surface area (Å²) < 4.78 is 5.17. The summed E-state index contributed by atoms with van der Waals surface area (Å²) in [5, 5.41) is 5.41. The number of carbonyl (C=O) groups excluding carboxylic acids is 3. The van der Waals surface area contributed by atoms with Crippen LogP contribution in [0.25, 0.3) is 10.9 Å². The lowest BCUT2D eigenvalue weighted by Crippen LogP contribution is -2.50. The Hall–Kier alpha value is -2.67. The van der Waals surface area contributed by atoms with E-state index >= 15 is 0 Å². The average Bonchev–Trinajstić information content (AvgIpc) is 2.51. The lowest BCUT2D eigenvalue weighted by Gasteiger charge is -2.21. The normalized spacial score (nSPS) is 12.3. The minimum Gasteiger partial charge on any atom is -0.449 e. The molecule has 1 heterocycles. The largest absolute Gasteiger partial charge is 0.449 e. The number of nitrogens with one attached hydrogen (secondary N) is 2. The highest BCUT2D eigenvalue weighted by Gasteiger charge is 2.24. The number of esters is 1. The van der Waals surface area contributed by atoms with Gasteiger partial charge in [0.15, 0.2) is 6.10 Å². The van der Waals surface area contributed by atoms with Crippen LogP contribution in [-0.4, -0.2) is 34.5 Å². The highest BCUT2D eigenvalue weighted by atomic mass is 35.5. The second-order valence-corrected chi connectivity index (χ2v) is 7.14. The molecule has 0 saturated heterocycles. The number of amides is 3. The van der Waals surface area contributed by atoms with Crippen LogP contribution in [0.1, 0.15) is 38.1 Å². The van der Waals surface area contributed by atoms with Crippen molar-refractivity contribution in [2.75, 3.05) is 0 Å². The first-order valence-electron chi connectivity index (χ1n) is 7.96. The fourth-order valence-electron chi connectivity index (χ4n) is 2.17. The van der Waals surface area contributed by atoms with Crippen molar-refractivity contribution in [2.24, 2.45) is 0 Å². The van der Waals surface area contributed by atoms with Gasteiger partial charge in [0.25, 0.3) is 5.91 Å². The lowest BCUT2D eigenvalue weighted by molar-refractivity contribution is -0.127. The molecule has 3 amide bonds. The molecule has 2 N–H and O–H groups in total. The summed E-state index contributed by atoms with van der Waals surface area (Å²) >= 11 is 5.95. The summed E-state index contributed by atoms with van der Waals surface area (Å²) in [5.41, 5.74) is 0.227. The van der Waals surface area contributed by atoms with Crippen molar-refractivity contribution in [1.82, 2.24) is 15.6 Å². The predicted molar refractivity (Wildman–Crippen MR) is 98.1 cm³/mol. The number of halogens is 1. The third kappa shape index (κ3) is 5.16. The summed E-state index contributed by atoms with van der Waals surface area (Å²) in [6.07, 6.45) is -1.17. The summed E-state index contributed by atoms with van der Waals surface area (Å²) in [6.45, 7) is 6.71. The number of ether oxygens (including phenoxy) is 1. The van der Waals surface area contributed by atoms with Crippen molar-refractivity contribution in [1.29, 1.82) is 0 Å². The van der Waals surface area contributed by atoms with Gasteiger partial charge in [-0.25, -0.2) is 14.6 Å². The summed E-state index contributed by atoms with van der Waals surface area (Å²) in [5.74, 6) is -1.46. The number of rotatable bonds is 3. The van der Waals surface area contributed by atoms with E-state index in [0.29, 0.717) is 10.9 Å². The number of imide groups is 1. The smallest absolute Gasteiger partial charge is 0.339 e. The fraction of sp³-hybridized carbons (Fsp3) is 0.333. The number of fused-ring (bicyclic) bond motifs is 1. The van der Waals surface area contributed by atoms with Gasteiger partial charge in [-0.1, -0.05) is 29.8 Å². The van der Waals surface area contributed by atoms with Gasteiger partial charge in [0.1, 0.15) is 5.15 Å². The third-order valence-electron chi connectivity index (χ3n) is 3.28. The number of pyridine rings is 1. The molecular formula is C18H20ClN3O4. The fourth-order valence-corrected chi connectivity index (χ4v) is 2.38. The minimum atomic E-state index is -1.17. The van der Waals surface area contributed by atoms with Crippen molar-refractivity contribution < 1.29 is 19.1 Å². The Morgan fingerprint density at radius 3 is 2.50 bits per heavy atom. The van der Waals surface area contributed by atoms with Crippen molar-refractivity contribution in [3.63, 3.8) is 0 Å². The van der Waals surface area contributed by atoms with Crippen LogP contribution in [-0.2, 0) is 9.53 Å². The van der Waals surface area contributed by atoms with Gasteiger partial charge >= 0.3 is 12.0 Å². The number of hydrogen-bond acceptors (Lipinski definition) is 5. The molecule has 1 aromatic heterocycles. The number of aromatic nitrogens is 1. The number of para-hydroxylation sites is 1. The van der Waals surface area contributed by atoms with Crippen LogP contribution < -0.4 is 10.6 Å². The van der Waals surface area contributed by atoms with E-state index in [9.17, 15) is 14.4 Å². The molecule has 0 bridgehead atoms. The van der Waals surface area contributed by atoms with Gasteiger partial charge in [-0.05, 0) is 39.8 Å². The Morgan fingerprint density at radius 1 is 1.19 bits per heavy atom. The van der Waals surface area contributed by atoms with Crippen molar-refractivity contribution in [2.45, 2.75) is 39.3 Å². The molecule has 0 spiro atoms. The van der Waals surface area contributed by atoms with Crippen molar-refractivity contribution in [3.05, 3.63) is 41.0 Å². The quantitative estimate of drug-likeness (QED) is 0.632. The predicted octanol–water partition coefficient (Wildman–Crippen LogP) is 3.06. The number of nitrogens with zero attached hydrogens (tertiary/aromatic N) is 1. The minimum absolute atomic E-state index is 0.136. The van der Waals surface area contributed by atoms with Gasteiger partial charge in [-0.15, -0.1) is 0 Å². The molecule has 0 unspecified atom stereocenters. The second-order valence-electron chi connectivity index (χ2n) is 6.75. The maximum atomic E-state index is 12.5. The summed E-state index contributed by atoms with van der Waals surface area (Å²) in [7, 11) is 0. The Labute approximate surface area is 156 Å². The SMILES string of the molecule is C[C@H](OC(=O)c1cc(Cl)nc2ccccc12)C(=O)NC(=O)NC(C)(C)C. The zero-order valence-electron chi connectivity index (χ0n) is 14.9. The molecule has 8 heteroatoms. The zero-order valence-corrected chi connectivity index (χ0v) is 15.7. The van der Waals surface area contributed by atoms with Crippen LogP contribution >= 0.6 is 11.6 Å². The molecule has 7 nitrogen and oxygen atoms in total. The van der Waals surface area contributed by atoms with E-state index in [-0.39, 0.29) is 10.7 Å². The molecule has 138 valence electrons. The van der Waals surface area contributed by atoms with Crippen LogP contribution in [0.2, 0.25) is 5.15 Å². The first-order valence-corrected chi connectivity index (χ1v) is 8.34. The molecule has 0 aliphatic rings. The van der Waals surface area contributed by atoms with Crippen LogP contribution in [0.15, 0.2) is 30.3 Å². The number of benzene rings is 1. The molecule has 1 atom stereocenters. The third-order valence-corrected chi connectivity index (χ3v) is 3.48. The molecule has 26 heavy (non-hydrogen) atoms. The van der Waals surface area contributed by atoms with E-state index in [1.807, 2.05) is 0 Å². The van der Waals surface area contributed by atoms with E-state index in [1.165, 1.54) is 13.0 Å². The van der Waals surface area contributed by atoms with Gasteiger partial charge in [0, 0.05) is 10.9 Å². The Morgan fingerprint density at radius 2 is 1.85 bits per heavy atom. The topological polar surface area (TPSA) is 97.4 Å². The van der Waals surface area contributed by atoms with Gasteiger partial charge in [0.05, 0.1) is 11.1 Å². The summed E-state index contributed by atoms with van der Waals surface area (Å²) in [6, 6.07) is 7.65. The molecule has 0 radical (unpaired) electrons. The van der Waals surface area contributed by atoms with Crippen molar-refractivity contribution >= 4 is 40.4 Å². The standard InChI is InChI=1S/C18H20ClN3O4/c1-10(15(23)21-17(25)22-18(2,3)4)26-16(24)12-9-14(19)20-13-8-6-5-7-11(12)13/h5-10H,1-4H3,(H2,21,22,23,25)/t10-/m0/s1.